The van der Waals surface area contributed by atoms with Crippen molar-refractivity contribution in [2.24, 2.45) is 0 Å². The fraction of sp³-hybridized carbons (Fsp3) is 0.391. The van der Waals surface area contributed by atoms with Crippen molar-refractivity contribution in [3.63, 3.8) is 0 Å². The number of nitrogens with one attached hydrogen (secondary N) is 1. The minimum absolute atomic E-state index is 0. The molecule has 1 N–H and O–H groups in total. The Hall–Kier alpha value is -2.93. The molecule has 1 aliphatic heterocycles. The highest BCUT2D eigenvalue weighted by atomic mass is 35.5. The summed E-state index contributed by atoms with van der Waals surface area (Å²) in [7, 11) is 0. The highest BCUT2D eigenvalue weighted by Gasteiger charge is 2.26. The van der Waals surface area contributed by atoms with Gasteiger partial charge in [-0.2, -0.15) is 4.98 Å². The number of carbonyl (C=O) groups is 1. The Labute approximate surface area is 186 Å². The normalized spacial score (nSPS) is 17.5. The predicted molar refractivity (Wildman–Crippen MR) is 123 cm³/mol. The number of benzene rings is 1. The topological polar surface area (TPSA) is 80.1 Å². The number of aryl methyl sites for hydroxylation is 2. The van der Waals surface area contributed by atoms with Gasteiger partial charge in [0.1, 0.15) is 11.2 Å². The molecule has 0 bridgehead atoms. The first-order valence-electron chi connectivity index (χ1n) is 10.7. The van der Waals surface area contributed by atoms with Gasteiger partial charge in [0.15, 0.2) is 0 Å². The van der Waals surface area contributed by atoms with Gasteiger partial charge in [0.2, 0.25) is 11.4 Å². The molecule has 2 aliphatic rings. The van der Waals surface area contributed by atoms with Crippen LogP contribution in [0.25, 0.3) is 11.0 Å². The molecule has 1 unspecified atom stereocenters. The van der Waals surface area contributed by atoms with Gasteiger partial charge < -0.3 is 14.8 Å². The Morgan fingerprint density at radius 1 is 1.23 bits per heavy atom. The fourth-order valence-corrected chi connectivity index (χ4v) is 4.58. The number of pyridine rings is 1. The Bertz CT molecular complexity index is 1190. The number of hydrogen-bond donors (Lipinski definition) is 1. The standard InChI is InChI=1S/C23H25N5O2.ClH/c1-2-27-14-18(22(30)25-19-10-9-15-7-3-4-8-16(15)19)20(29)17-13-24-23(26-21(17)27)28-11-5-6-12-28;/h3-4,7-8,13-14,19H,2,5-6,9-12H2,1H3,(H,25,30);1H. The van der Waals surface area contributed by atoms with Crippen molar-refractivity contribution in [3.8, 4) is 0 Å². The zero-order chi connectivity index (χ0) is 20.7. The number of anilines is 1. The molecule has 1 aliphatic carbocycles. The lowest BCUT2D eigenvalue weighted by Crippen LogP contribution is -2.32. The lowest BCUT2D eigenvalue weighted by Gasteiger charge is -2.18. The van der Waals surface area contributed by atoms with E-state index in [1.165, 1.54) is 5.56 Å². The van der Waals surface area contributed by atoms with Crippen LogP contribution in [0.3, 0.4) is 0 Å². The molecule has 7 nitrogen and oxygen atoms in total. The van der Waals surface area contributed by atoms with Crippen LogP contribution in [0.2, 0.25) is 0 Å². The Morgan fingerprint density at radius 3 is 2.77 bits per heavy atom. The molecule has 5 rings (SSSR count). The molecule has 1 amide bonds. The van der Waals surface area contributed by atoms with Gasteiger partial charge in [-0.05, 0) is 43.7 Å². The SMILES string of the molecule is CCn1cc(C(=O)NC2CCc3ccccc32)c(=O)c2cnc(N3CCCC3)nc21.Cl. The van der Waals surface area contributed by atoms with E-state index in [1.54, 1.807) is 12.4 Å². The minimum Gasteiger partial charge on any atom is -0.345 e. The maximum atomic E-state index is 13.1. The summed E-state index contributed by atoms with van der Waals surface area (Å²) in [4.78, 5) is 37.4. The first kappa shape index (κ1) is 21.3. The number of fused-ring (bicyclic) bond motifs is 2. The number of rotatable bonds is 4. The van der Waals surface area contributed by atoms with Crippen molar-refractivity contribution in [1.29, 1.82) is 0 Å². The molecule has 0 radical (unpaired) electrons. The van der Waals surface area contributed by atoms with E-state index in [1.807, 2.05) is 29.7 Å². The molecule has 3 aromatic rings. The fourth-order valence-electron chi connectivity index (χ4n) is 4.58. The van der Waals surface area contributed by atoms with E-state index >= 15 is 0 Å². The predicted octanol–water partition coefficient (Wildman–Crippen LogP) is 3.25. The van der Waals surface area contributed by atoms with Crippen molar-refractivity contribution in [2.45, 2.75) is 45.2 Å². The van der Waals surface area contributed by atoms with Crippen molar-refractivity contribution in [1.82, 2.24) is 19.9 Å². The van der Waals surface area contributed by atoms with Gasteiger partial charge in [-0.15, -0.1) is 12.4 Å². The molecule has 1 aromatic carbocycles. The van der Waals surface area contributed by atoms with Crippen molar-refractivity contribution in [3.05, 3.63) is 63.6 Å². The van der Waals surface area contributed by atoms with Gasteiger partial charge >= 0.3 is 0 Å². The van der Waals surface area contributed by atoms with Crippen LogP contribution in [-0.2, 0) is 13.0 Å². The van der Waals surface area contributed by atoms with Gasteiger partial charge in [-0.25, -0.2) is 4.98 Å². The zero-order valence-corrected chi connectivity index (χ0v) is 18.3. The lowest BCUT2D eigenvalue weighted by atomic mass is 10.1. The maximum Gasteiger partial charge on any atom is 0.257 e. The highest BCUT2D eigenvalue weighted by Crippen LogP contribution is 2.30. The van der Waals surface area contributed by atoms with E-state index in [-0.39, 0.29) is 35.3 Å². The molecule has 31 heavy (non-hydrogen) atoms. The van der Waals surface area contributed by atoms with E-state index in [2.05, 4.69) is 26.3 Å². The molecule has 1 fully saturated rings. The van der Waals surface area contributed by atoms with Crippen molar-refractivity contribution >= 4 is 35.3 Å². The summed E-state index contributed by atoms with van der Waals surface area (Å²) in [6, 6.07) is 8.08. The van der Waals surface area contributed by atoms with Gasteiger partial charge in [0.05, 0.1) is 11.4 Å². The number of halogens is 1. The molecule has 3 heterocycles. The maximum absolute atomic E-state index is 13.1. The Balaban J connectivity index is 0.00000231. The van der Waals surface area contributed by atoms with E-state index in [9.17, 15) is 9.59 Å². The lowest BCUT2D eigenvalue weighted by molar-refractivity contribution is 0.0935. The summed E-state index contributed by atoms with van der Waals surface area (Å²) < 4.78 is 1.87. The monoisotopic (exact) mass is 439 g/mol. The smallest absolute Gasteiger partial charge is 0.257 e. The summed E-state index contributed by atoms with van der Waals surface area (Å²) in [5.41, 5.74) is 2.82. The van der Waals surface area contributed by atoms with Crippen LogP contribution in [0.4, 0.5) is 5.95 Å². The average Bonchev–Trinajstić information content (AvgIpc) is 3.44. The second-order valence-corrected chi connectivity index (χ2v) is 8.02. The van der Waals surface area contributed by atoms with Crippen LogP contribution < -0.4 is 15.6 Å². The number of carbonyl (C=O) groups excluding carboxylic acids is 1. The molecule has 8 heteroatoms. The largest absolute Gasteiger partial charge is 0.345 e. The van der Waals surface area contributed by atoms with E-state index in [0.717, 1.165) is 44.3 Å². The number of amides is 1. The molecular formula is C23H26ClN5O2. The van der Waals surface area contributed by atoms with Crippen LogP contribution in [-0.4, -0.2) is 33.5 Å². The van der Waals surface area contributed by atoms with Crippen LogP contribution in [0, 0.1) is 0 Å². The molecule has 162 valence electrons. The third-order valence-electron chi connectivity index (χ3n) is 6.21. The summed E-state index contributed by atoms with van der Waals surface area (Å²) in [6.07, 6.45) is 7.26. The number of hydrogen-bond acceptors (Lipinski definition) is 5. The van der Waals surface area contributed by atoms with Crippen LogP contribution in [0.1, 0.15) is 53.7 Å². The second kappa shape index (κ2) is 8.67. The van der Waals surface area contributed by atoms with Crippen LogP contribution in [0.15, 0.2) is 41.5 Å². The molecule has 1 atom stereocenters. The van der Waals surface area contributed by atoms with E-state index < -0.39 is 0 Å². The van der Waals surface area contributed by atoms with Crippen molar-refractivity contribution < 1.29 is 4.79 Å². The molecule has 2 aromatic heterocycles. The van der Waals surface area contributed by atoms with E-state index in [4.69, 9.17) is 0 Å². The first-order chi connectivity index (χ1) is 14.7. The highest BCUT2D eigenvalue weighted by molar-refractivity contribution is 5.97. The van der Waals surface area contributed by atoms with E-state index in [0.29, 0.717) is 23.5 Å². The summed E-state index contributed by atoms with van der Waals surface area (Å²) in [5.74, 6) is 0.316. The zero-order valence-electron chi connectivity index (χ0n) is 17.5. The first-order valence-corrected chi connectivity index (χ1v) is 10.7. The average molecular weight is 440 g/mol. The van der Waals surface area contributed by atoms with Gasteiger partial charge in [-0.1, -0.05) is 24.3 Å². The second-order valence-electron chi connectivity index (χ2n) is 8.02. The molecule has 1 saturated heterocycles. The quantitative estimate of drug-likeness (QED) is 0.675. The van der Waals surface area contributed by atoms with Crippen molar-refractivity contribution in [2.75, 3.05) is 18.0 Å². The molecule has 0 spiro atoms. The molecule has 0 saturated carbocycles. The number of aromatic nitrogens is 3. The van der Waals surface area contributed by atoms with Crippen LogP contribution >= 0.6 is 12.4 Å². The summed E-state index contributed by atoms with van der Waals surface area (Å²) in [6.45, 7) is 4.46. The molecular weight excluding hydrogens is 414 g/mol. The Kier molecular flexibility index (Phi) is 5.96. The Morgan fingerprint density at radius 2 is 2.00 bits per heavy atom. The third kappa shape index (κ3) is 3.78. The number of nitrogens with zero attached hydrogens (tertiary/aromatic N) is 4. The van der Waals surface area contributed by atoms with Gasteiger partial charge in [-0.3, -0.25) is 9.59 Å². The summed E-state index contributed by atoms with van der Waals surface area (Å²) >= 11 is 0. The third-order valence-corrected chi connectivity index (χ3v) is 6.21. The van der Waals surface area contributed by atoms with Gasteiger partial charge in [0, 0.05) is 32.0 Å². The van der Waals surface area contributed by atoms with Crippen LogP contribution in [0.5, 0.6) is 0 Å². The van der Waals surface area contributed by atoms with Gasteiger partial charge in [0.25, 0.3) is 5.91 Å². The summed E-state index contributed by atoms with van der Waals surface area (Å²) in [5, 5.41) is 3.45. The minimum atomic E-state index is -0.338.